The van der Waals surface area contributed by atoms with Gasteiger partial charge >= 0.3 is 0 Å². The molecule has 1 N–H and O–H groups in total. The molecule has 0 radical (unpaired) electrons. The number of aromatic nitrogens is 3. The summed E-state index contributed by atoms with van der Waals surface area (Å²) in [6.45, 7) is 2.81. The molecule has 30 heavy (non-hydrogen) atoms. The number of nitrogens with zero attached hydrogens (tertiary/aromatic N) is 4. The van der Waals surface area contributed by atoms with Gasteiger partial charge in [0.25, 0.3) is 0 Å². The molecular formula is C23H31N5O2. The lowest BCUT2D eigenvalue weighted by molar-refractivity contribution is -0.136. The fourth-order valence-corrected chi connectivity index (χ4v) is 5.10. The topological polar surface area (TPSA) is 80.1 Å². The first-order valence-corrected chi connectivity index (χ1v) is 11.6. The molecule has 0 aromatic carbocycles. The first kappa shape index (κ1) is 19.5. The molecule has 3 aliphatic rings. The van der Waals surface area contributed by atoms with E-state index in [-0.39, 0.29) is 23.7 Å². The highest BCUT2D eigenvalue weighted by molar-refractivity contribution is 5.81. The minimum atomic E-state index is 0.160. The van der Waals surface area contributed by atoms with Crippen LogP contribution in [-0.4, -0.2) is 51.1 Å². The number of likely N-dealkylation sites (tertiary alicyclic amines) is 1. The lowest BCUT2D eigenvalue weighted by atomic mass is 9.92. The Kier molecular flexibility index (Phi) is 5.44. The minimum absolute atomic E-state index is 0.160. The van der Waals surface area contributed by atoms with E-state index in [4.69, 9.17) is 5.10 Å². The molecule has 3 heterocycles. The summed E-state index contributed by atoms with van der Waals surface area (Å²) >= 11 is 0. The van der Waals surface area contributed by atoms with Gasteiger partial charge in [-0.2, -0.15) is 5.10 Å². The number of pyridine rings is 1. The van der Waals surface area contributed by atoms with Crippen molar-refractivity contribution in [2.75, 3.05) is 19.6 Å². The highest BCUT2D eigenvalue weighted by Gasteiger charge is 2.33. The Bertz CT molecular complexity index is 929. The molecule has 2 aromatic rings. The Labute approximate surface area is 177 Å². The van der Waals surface area contributed by atoms with Crippen LogP contribution in [0.25, 0.3) is 11.0 Å². The number of rotatable bonds is 6. The molecule has 0 bridgehead atoms. The SMILES string of the molecule is O=C(NCCn1nc([C@@H]2CCCN(C(=O)C3CCCC3)C2)c2cccnc21)C1CC1. The van der Waals surface area contributed by atoms with E-state index in [2.05, 4.69) is 21.3 Å². The standard InChI is InChI=1S/C23H31N5O2/c29-22(16-9-10-16)25-12-14-28-21-19(8-3-11-24-21)20(26-28)18-7-4-13-27(15-18)23(30)17-5-1-2-6-17/h3,8,11,16-18H,1-2,4-7,9-10,12-15H2,(H,25,29)/t18-/m1/s1. The lowest BCUT2D eigenvalue weighted by Crippen LogP contribution is -2.42. The van der Waals surface area contributed by atoms with Gasteiger partial charge in [-0.1, -0.05) is 12.8 Å². The van der Waals surface area contributed by atoms with Crippen LogP contribution in [0.15, 0.2) is 18.3 Å². The average Bonchev–Trinajstić information content (AvgIpc) is 3.37. The van der Waals surface area contributed by atoms with Crippen LogP contribution in [0.2, 0.25) is 0 Å². The molecule has 2 aliphatic carbocycles. The van der Waals surface area contributed by atoms with E-state index < -0.39 is 0 Å². The van der Waals surface area contributed by atoms with Crippen LogP contribution in [0.5, 0.6) is 0 Å². The maximum absolute atomic E-state index is 13.0. The maximum Gasteiger partial charge on any atom is 0.225 e. The molecule has 1 aliphatic heterocycles. The fraction of sp³-hybridized carbons (Fsp3) is 0.652. The summed E-state index contributed by atoms with van der Waals surface area (Å²) in [5, 5.41) is 9.02. The number of hydrogen-bond donors (Lipinski definition) is 1. The van der Waals surface area contributed by atoms with E-state index in [0.29, 0.717) is 19.0 Å². The Morgan fingerprint density at radius 3 is 2.70 bits per heavy atom. The van der Waals surface area contributed by atoms with Crippen LogP contribution in [0, 0.1) is 11.8 Å². The van der Waals surface area contributed by atoms with Gasteiger partial charge in [0.1, 0.15) is 0 Å². The van der Waals surface area contributed by atoms with Crippen molar-refractivity contribution in [3.8, 4) is 0 Å². The molecule has 5 rings (SSSR count). The lowest BCUT2D eigenvalue weighted by Gasteiger charge is -2.33. The molecule has 2 amide bonds. The highest BCUT2D eigenvalue weighted by Crippen LogP contribution is 2.33. The normalized spacial score (nSPS) is 22.5. The van der Waals surface area contributed by atoms with Crippen molar-refractivity contribution in [2.24, 2.45) is 11.8 Å². The zero-order valence-electron chi connectivity index (χ0n) is 17.6. The van der Waals surface area contributed by atoms with Gasteiger partial charge in [0.05, 0.1) is 12.2 Å². The van der Waals surface area contributed by atoms with E-state index in [1.807, 2.05) is 10.7 Å². The van der Waals surface area contributed by atoms with Crippen molar-refractivity contribution in [1.29, 1.82) is 0 Å². The molecule has 2 saturated carbocycles. The predicted octanol–water partition coefficient (Wildman–Crippen LogP) is 2.85. The van der Waals surface area contributed by atoms with Gasteiger partial charge in [-0.15, -0.1) is 0 Å². The van der Waals surface area contributed by atoms with Crippen LogP contribution >= 0.6 is 0 Å². The van der Waals surface area contributed by atoms with Gasteiger partial charge in [0.2, 0.25) is 11.8 Å². The summed E-state index contributed by atoms with van der Waals surface area (Å²) < 4.78 is 1.93. The second-order valence-electron chi connectivity index (χ2n) is 9.15. The molecule has 2 aromatic heterocycles. The minimum Gasteiger partial charge on any atom is -0.354 e. The molecule has 7 heteroatoms. The first-order chi connectivity index (χ1) is 14.7. The second-order valence-corrected chi connectivity index (χ2v) is 9.15. The summed E-state index contributed by atoms with van der Waals surface area (Å²) in [6.07, 6.45) is 10.4. The van der Waals surface area contributed by atoms with Crippen molar-refractivity contribution in [3.63, 3.8) is 0 Å². The molecule has 7 nitrogen and oxygen atoms in total. The van der Waals surface area contributed by atoms with Gasteiger partial charge in [0.15, 0.2) is 5.65 Å². The molecule has 0 unspecified atom stereocenters. The Hall–Kier alpha value is -2.44. The van der Waals surface area contributed by atoms with Gasteiger partial charge in [-0.3, -0.25) is 9.59 Å². The van der Waals surface area contributed by atoms with Crippen LogP contribution in [-0.2, 0) is 16.1 Å². The monoisotopic (exact) mass is 409 g/mol. The third kappa shape index (κ3) is 3.94. The van der Waals surface area contributed by atoms with Crippen LogP contribution in [0.4, 0.5) is 0 Å². The Morgan fingerprint density at radius 1 is 1.07 bits per heavy atom. The molecule has 0 spiro atoms. The van der Waals surface area contributed by atoms with Crippen molar-refractivity contribution in [2.45, 2.75) is 63.8 Å². The summed E-state index contributed by atoms with van der Waals surface area (Å²) in [6, 6.07) is 4.04. The number of nitrogens with one attached hydrogen (secondary N) is 1. The van der Waals surface area contributed by atoms with Crippen molar-refractivity contribution in [3.05, 3.63) is 24.0 Å². The average molecular weight is 410 g/mol. The van der Waals surface area contributed by atoms with E-state index in [1.54, 1.807) is 6.20 Å². The van der Waals surface area contributed by atoms with E-state index in [1.165, 1.54) is 12.8 Å². The Balaban J connectivity index is 1.31. The predicted molar refractivity (Wildman–Crippen MR) is 114 cm³/mol. The van der Waals surface area contributed by atoms with Crippen LogP contribution in [0.1, 0.15) is 63.0 Å². The molecule has 1 atom stereocenters. The molecule has 1 saturated heterocycles. The number of fused-ring (bicyclic) bond motifs is 1. The van der Waals surface area contributed by atoms with Gasteiger partial charge in [0, 0.05) is 49.0 Å². The largest absolute Gasteiger partial charge is 0.354 e. The molecular weight excluding hydrogens is 378 g/mol. The molecule has 160 valence electrons. The quantitative estimate of drug-likeness (QED) is 0.796. The number of carbonyl (C=O) groups excluding carboxylic acids is 2. The highest BCUT2D eigenvalue weighted by atomic mass is 16.2. The Morgan fingerprint density at radius 2 is 1.90 bits per heavy atom. The van der Waals surface area contributed by atoms with E-state index >= 15 is 0 Å². The van der Waals surface area contributed by atoms with Crippen LogP contribution < -0.4 is 5.32 Å². The summed E-state index contributed by atoms with van der Waals surface area (Å²) in [5.74, 6) is 1.21. The number of piperidine rings is 1. The van der Waals surface area contributed by atoms with Crippen LogP contribution in [0.3, 0.4) is 0 Å². The smallest absolute Gasteiger partial charge is 0.225 e. The van der Waals surface area contributed by atoms with Gasteiger partial charge in [-0.25, -0.2) is 9.67 Å². The number of amides is 2. The zero-order chi connectivity index (χ0) is 20.5. The second kappa shape index (κ2) is 8.36. The van der Waals surface area contributed by atoms with Crippen molar-refractivity contribution >= 4 is 22.8 Å². The fourth-order valence-electron chi connectivity index (χ4n) is 5.10. The van der Waals surface area contributed by atoms with Crippen molar-refractivity contribution < 1.29 is 9.59 Å². The third-order valence-electron chi connectivity index (χ3n) is 6.93. The number of hydrogen-bond acceptors (Lipinski definition) is 4. The third-order valence-corrected chi connectivity index (χ3v) is 6.93. The van der Waals surface area contributed by atoms with Gasteiger partial charge in [-0.05, 0) is 50.7 Å². The van der Waals surface area contributed by atoms with E-state index in [9.17, 15) is 9.59 Å². The maximum atomic E-state index is 13.0. The summed E-state index contributed by atoms with van der Waals surface area (Å²) in [5.41, 5.74) is 1.92. The van der Waals surface area contributed by atoms with Crippen molar-refractivity contribution in [1.82, 2.24) is 25.0 Å². The zero-order valence-corrected chi connectivity index (χ0v) is 17.6. The number of carbonyl (C=O) groups is 2. The first-order valence-electron chi connectivity index (χ1n) is 11.6. The van der Waals surface area contributed by atoms with E-state index in [0.717, 1.165) is 68.3 Å². The van der Waals surface area contributed by atoms with Gasteiger partial charge < -0.3 is 10.2 Å². The summed E-state index contributed by atoms with van der Waals surface area (Å²) in [4.78, 5) is 31.5. The molecule has 3 fully saturated rings. The summed E-state index contributed by atoms with van der Waals surface area (Å²) in [7, 11) is 0.